The minimum atomic E-state index is -0.939. The van der Waals surface area contributed by atoms with Gasteiger partial charge in [-0.05, 0) is 97.5 Å². The summed E-state index contributed by atoms with van der Waals surface area (Å²) in [4.78, 5) is 50.9. The van der Waals surface area contributed by atoms with Crippen molar-refractivity contribution in [1.82, 2.24) is 24.5 Å². The van der Waals surface area contributed by atoms with Crippen molar-refractivity contribution in [3.8, 4) is 0 Å². The van der Waals surface area contributed by atoms with Crippen LogP contribution in [0.2, 0.25) is 0 Å². The van der Waals surface area contributed by atoms with Crippen LogP contribution < -0.4 is 11.1 Å². The number of piperidine rings is 2. The molecule has 4 aliphatic heterocycles. The number of hydrogen-bond acceptors (Lipinski definition) is 7. The first-order valence-electron chi connectivity index (χ1n) is 16.6. The molecule has 0 spiro atoms. The number of hydrogen-bond donors (Lipinski definition) is 2. The van der Waals surface area contributed by atoms with Crippen LogP contribution in [0.4, 0.5) is 21.0 Å². The Kier molecular flexibility index (Phi) is 10.3. The fraction of sp³-hybridized carbons (Fsp3) is 0.559. The molecule has 3 fully saturated rings. The highest BCUT2D eigenvalue weighted by molar-refractivity contribution is 9.10. The Hall–Kier alpha value is -3.35. The van der Waals surface area contributed by atoms with Gasteiger partial charge in [-0.2, -0.15) is 0 Å². The molecule has 3 saturated heterocycles. The number of carbonyl (C=O) groups is 3. The third-order valence-electron chi connectivity index (χ3n) is 10.1. The lowest BCUT2D eigenvalue weighted by molar-refractivity contribution is -0.143. The summed E-state index contributed by atoms with van der Waals surface area (Å²) in [6.45, 7) is 6.68. The number of para-hydroxylation sites is 1. The number of nitrogens with zero attached hydrogens (tertiary/aromatic N) is 5. The Labute approximate surface area is 280 Å². The Morgan fingerprint density at radius 3 is 2.33 bits per heavy atom. The first-order valence-corrected chi connectivity index (χ1v) is 17.4. The van der Waals surface area contributed by atoms with Crippen LogP contribution in [-0.2, 0) is 22.4 Å². The van der Waals surface area contributed by atoms with Gasteiger partial charge < -0.3 is 35.4 Å². The number of rotatable bonds is 6. The van der Waals surface area contributed by atoms with E-state index in [0.717, 1.165) is 66.7 Å². The van der Waals surface area contributed by atoms with Gasteiger partial charge in [-0.3, -0.25) is 9.69 Å². The second-order valence-corrected chi connectivity index (χ2v) is 13.9. The molecule has 11 nitrogen and oxygen atoms in total. The molecule has 2 aromatic carbocycles. The van der Waals surface area contributed by atoms with Gasteiger partial charge in [-0.25, -0.2) is 9.59 Å². The van der Waals surface area contributed by atoms with E-state index in [0.29, 0.717) is 57.3 Å². The Morgan fingerprint density at radius 2 is 1.61 bits per heavy atom. The second-order valence-electron chi connectivity index (χ2n) is 13.1. The molecule has 0 aromatic heterocycles. The average molecular weight is 697 g/mol. The van der Waals surface area contributed by atoms with Gasteiger partial charge in [-0.1, -0.05) is 24.3 Å². The topological polar surface area (TPSA) is 115 Å². The molecule has 4 heterocycles. The van der Waals surface area contributed by atoms with Crippen molar-refractivity contribution >= 4 is 45.3 Å². The minimum absolute atomic E-state index is 0.0313. The van der Waals surface area contributed by atoms with Crippen molar-refractivity contribution in [1.29, 1.82) is 0 Å². The molecule has 0 bridgehead atoms. The lowest BCUT2D eigenvalue weighted by atomic mass is 10.0. The van der Waals surface area contributed by atoms with E-state index in [2.05, 4.69) is 38.1 Å². The number of nitrogens with one attached hydrogen (secondary N) is 1. The van der Waals surface area contributed by atoms with Gasteiger partial charge in [-0.15, -0.1) is 0 Å². The zero-order chi connectivity index (χ0) is 32.2. The molecule has 6 rings (SSSR count). The van der Waals surface area contributed by atoms with Crippen molar-refractivity contribution in [2.45, 2.75) is 56.7 Å². The van der Waals surface area contributed by atoms with Crippen molar-refractivity contribution in [2.75, 3.05) is 77.0 Å². The van der Waals surface area contributed by atoms with Crippen molar-refractivity contribution in [3.63, 3.8) is 0 Å². The van der Waals surface area contributed by atoms with Crippen LogP contribution in [0.3, 0.4) is 0 Å². The third kappa shape index (κ3) is 7.61. The number of likely N-dealkylation sites (tertiary alicyclic amines) is 2. The maximum atomic E-state index is 13.9. The van der Waals surface area contributed by atoms with E-state index >= 15 is 0 Å². The molecule has 0 saturated carbocycles. The number of piperazine rings is 1. The monoisotopic (exact) mass is 695 g/mol. The minimum Gasteiger partial charge on any atom is -0.436 e. The summed E-state index contributed by atoms with van der Waals surface area (Å²) in [5.41, 5.74) is 9.48. The van der Waals surface area contributed by atoms with Crippen LogP contribution in [-0.4, -0.2) is 127 Å². The van der Waals surface area contributed by atoms with Crippen LogP contribution in [0, 0.1) is 0 Å². The summed E-state index contributed by atoms with van der Waals surface area (Å²) in [5, 5.41) is 3.05. The lowest BCUT2D eigenvalue weighted by Gasteiger charge is -2.42. The van der Waals surface area contributed by atoms with Crippen LogP contribution >= 0.6 is 15.9 Å². The number of carbonyl (C=O) groups excluding carboxylic acids is 3. The maximum absolute atomic E-state index is 13.9. The molecular weight excluding hydrogens is 650 g/mol. The first kappa shape index (κ1) is 32.6. The molecule has 248 valence electrons. The molecule has 2 aromatic rings. The zero-order valence-corrected chi connectivity index (χ0v) is 28.3. The second kappa shape index (κ2) is 14.6. The summed E-state index contributed by atoms with van der Waals surface area (Å²) >= 11 is 3.49. The maximum Gasteiger partial charge on any atom is 0.410 e. The number of benzene rings is 2. The number of nitrogen functional groups attached to an aromatic ring is 1. The number of ether oxygens (including phenoxy) is 1. The Bertz CT molecular complexity index is 1400. The van der Waals surface area contributed by atoms with Gasteiger partial charge in [0.15, 0.2) is 6.10 Å². The molecule has 46 heavy (non-hydrogen) atoms. The summed E-state index contributed by atoms with van der Waals surface area (Å²) in [5.74, 6) is -0.153. The highest BCUT2D eigenvalue weighted by Crippen LogP contribution is 2.26. The normalized spacial score (nSPS) is 21.3. The molecule has 0 radical (unpaired) electrons. The number of nitrogens with two attached hydrogens (primary N) is 1. The molecule has 4 amide bonds. The summed E-state index contributed by atoms with van der Waals surface area (Å²) in [7, 11) is 2.17. The Morgan fingerprint density at radius 1 is 0.913 bits per heavy atom. The van der Waals surface area contributed by atoms with Crippen LogP contribution in [0.5, 0.6) is 0 Å². The fourth-order valence-corrected chi connectivity index (χ4v) is 7.68. The van der Waals surface area contributed by atoms with Gasteiger partial charge >= 0.3 is 12.1 Å². The number of halogens is 1. The van der Waals surface area contributed by atoms with Gasteiger partial charge in [0.25, 0.3) is 5.91 Å². The third-order valence-corrected chi connectivity index (χ3v) is 10.8. The largest absolute Gasteiger partial charge is 0.436 e. The quantitative estimate of drug-likeness (QED) is 0.441. The summed E-state index contributed by atoms with van der Waals surface area (Å²) in [6, 6.07) is 14.0. The highest BCUT2D eigenvalue weighted by atomic mass is 79.9. The molecule has 0 aliphatic carbocycles. The van der Waals surface area contributed by atoms with Gasteiger partial charge in [0, 0.05) is 80.2 Å². The number of urea groups is 1. The molecule has 1 atom stereocenters. The number of amides is 4. The molecule has 1 unspecified atom stereocenters. The first-order chi connectivity index (χ1) is 22.2. The SMILES string of the molecule is CN1CCC(N2CCN(C(=O)C(Cc3ccc(N)c(Br)c3)OC(=O)N3CCC(N4CCc5ccccc5NC4=O)CC3)CC2)CC1. The van der Waals surface area contributed by atoms with E-state index in [-0.39, 0.29) is 24.4 Å². The van der Waals surface area contributed by atoms with Crippen molar-refractivity contribution in [3.05, 3.63) is 58.1 Å². The standard InChI is InChI=1S/C34H46BrN7O4/c1-38-13-9-26(10-14-38)39-18-20-40(21-19-39)32(43)31(23-24-6-7-29(36)28(35)22-24)46-34(45)41-15-11-27(12-16-41)42-17-8-25-4-2-3-5-30(25)37-33(42)44/h2-7,22,26-27,31H,8-21,23,36H2,1H3,(H,37,44). The molecular formula is C34H46BrN7O4. The molecule has 4 aliphatic rings. The predicted octanol–water partition coefficient (Wildman–Crippen LogP) is 3.87. The predicted molar refractivity (Wildman–Crippen MR) is 182 cm³/mol. The fourth-order valence-electron chi connectivity index (χ4n) is 7.26. The van der Waals surface area contributed by atoms with Crippen molar-refractivity contribution < 1.29 is 19.1 Å². The molecule has 3 N–H and O–H groups in total. The van der Waals surface area contributed by atoms with Gasteiger partial charge in [0.05, 0.1) is 0 Å². The average Bonchev–Trinajstić information content (AvgIpc) is 3.24. The summed E-state index contributed by atoms with van der Waals surface area (Å²) < 4.78 is 6.78. The van der Waals surface area contributed by atoms with Crippen LogP contribution in [0.25, 0.3) is 0 Å². The van der Waals surface area contributed by atoms with Crippen LogP contribution in [0.1, 0.15) is 36.8 Å². The zero-order valence-electron chi connectivity index (χ0n) is 26.7. The van der Waals surface area contributed by atoms with E-state index in [4.69, 9.17) is 10.5 Å². The van der Waals surface area contributed by atoms with E-state index in [9.17, 15) is 14.4 Å². The van der Waals surface area contributed by atoms with E-state index in [1.165, 1.54) is 0 Å². The number of anilines is 2. The summed E-state index contributed by atoms with van der Waals surface area (Å²) in [6.07, 6.45) is 3.25. The van der Waals surface area contributed by atoms with Crippen LogP contribution in [0.15, 0.2) is 46.9 Å². The van der Waals surface area contributed by atoms with E-state index < -0.39 is 12.2 Å². The van der Waals surface area contributed by atoms with Gasteiger partial charge in [0.1, 0.15) is 0 Å². The Balaban J connectivity index is 1.07. The van der Waals surface area contributed by atoms with E-state index in [1.807, 2.05) is 46.2 Å². The number of fused-ring (bicyclic) bond motifs is 1. The van der Waals surface area contributed by atoms with Crippen molar-refractivity contribution in [2.24, 2.45) is 0 Å². The highest BCUT2D eigenvalue weighted by Gasteiger charge is 2.36. The molecule has 12 heteroatoms. The lowest BCUT2D eigenvalue weighted by Crippen LogP contribution is -2.56. The van der Waals surface area contributed by atoms with E-state index in [1.54, 1.807) is 11.0 Å². The smallest absolute Gasteiger partial charge is 0.410 e. The van der Waals surface area contributed by atoms with Gasteiger partial charge in [0.2, 0.25) is 0 Å².